The molecule has 0 atom stereocenters. The second-order valence-corrected chi connectivity index (χ2v) is 5.71. The Morgan fingerprint density at radius 2 is 1.33 bits per heavy atom. The maximum atomic E-state index is 11.1. The van der Waals surface area contributed by atoms with Crippen LogP contribution in [0.5, 0.6) is 11.5 Å². The Morgan fingerprint density at radius 3 is 1.67 bits per heavy atom. The van der Waals surface area contributed by atoms with E-state index in [1.54, 1.807) is 6.92 Å². The number of benzene rings is 2. The highest BCUT2D eigenvalue weighted by atomic mass is 16.6. The molecule has 0 aliphatic rings. The highest BCUT2D eigenvalue weighted by Gasteiger charge is 2.15. The summed E-state index contributed by atoms with van der Waals surface area (Å²) in [4.78, 5) is 40.7. The third-order valence-corrected chi connectivity index (χ3v) is 3.48. The van der Waals surface area contributed by atoms with Gasteiger partial charge in [0, 0.05) is 12.1 Å². The first kappa shape index (κ1) is 23.8. The number of nitro groups is 2. The van der Waals surface area contributed by atoms with Crippen LogP contribution in [0.2, 0.25) is 0 Å². The number of nitrogens with zero attached hydrogens (tertiary/aromatic N) is 2. The number of carboxylic acid groups (broad SMARTS) is 1. The summed E-state index contributed by atoms with van der Waals surface area (Å²) in [7, 11) is 0. The van der Waals surface area contributed by atoms with Gasteiger partial charge in [-0.1, -0.05) is 12.1 Å². The summed E-state index contributed by atoms with van der Waals surface area (Å²) in [5.74, 6) is -2.46. The van der Waals surface area contributed by atoms with Gasteiger partial charge in [-0.25, -0.2) is 0 Å². The number of esters is 1. The van der Waals surface area contributed by atoms with Crippen LogP contribution < -0.4 is 0 Å². The van der Waals surface area contributed by atoms with E-state index in [0.29, 0.717) is 11.1 Å². The molecule has 12 heteroatoms. The molecule has 160 valence electrons. The Kier molecular flexibility index (Phi) is 8.69. The van der Waals surface area contributed by atoms with Gasteiger partial charge in [-0.05, 0) is 30.2 Å². The molecule has 0 aromatic heterocycles. The fraction of sp³-hybridized carbons (Fsp3) is 0.222. The number of ether oxygens (including phenoxy) is 1. The van der Waals surface area contributed by atoms with Gasteiger partial charge in [0.2, 0.25) is 0 Å². The Balaban J connectivity index is 0.000000303. The predicted octanol–water partition coefficient (Wildman–Crippen LogP) is 2.33. The Labute approximate surface area is 169 Å². The van der Waals surface area contributed by atoms with Crippen LogP contribution in [0.1, 0.15) is 18.1 Å². The molecule has 0 bridgehead atoms. The van der Waals surface area contributed by atoms with Crippen molar-refractivity contribution in [3.63, 3.8) is 0 Å². The van der Waals surface area contributed by atoms with Crippen molar-refractivity contribution in [2.45, 2.75) is 19.8 Å². The first-order valence-corrected chi connectivity index (χ1v) is 8.35. The van der Waals surface area contributed by atoms with E-state index in [1.807, 2.05) is 0 Å². The van der Waals surface area contributed by atoms with Crippen molar-refractivity contribution in [1.82, 2.24) is 0 Å². The molecule has 12 nitrogen and oxygen atoms in total. The molecule has 0 aliphatic heterocycles. The molecule has 0 saturated heterocycles. The first-order valence-electron chi connectivity index (χ1n) is 8.35. The van der Waals surface area contributed by atoms with Gasteiger partial charge in [0.25, 0.3) is 0 Å². The van der Waals surface area contributed by atoms with Gasteiger partial charge < -0.3 is 20.1 Å². The molecule has 0 fully saturated rings. The van der Waals surface area contributed by atoms with Crippen molar-refractivity contribution in [3.8, 4) is 11.5 Å². The molecule has 0 aliphatic carbocycles. The maximum Gasteiger partial charge on any atom is 0.310 e. The van der Waals surface area contributed by atoms with Crippen LogP contribution in [0.3, 0.4) is 0 Å². The molecule has 0 radical (unpaired) electrons. The smallest absolute Gasteiger partial charge is 0.310 e. The number of phenolic OH excluding ortho intramolecular Hbond substituents is 2. The summed E-state index contributed by atoms with van der Waals surface area (Å²) >= 11 is 0. The molecule has 0 saturated carbocycles. The normalized spacial score (nSPS) is 9.77. The summed E-state index contributed by atoms with van der Waals surface area (Å²) in [5, 5.41) is 47.6. The van der Waals surface area contributed by atoms with Gasteiger partial charge in [-0.2, -0.15) is 0 Å². The molecular weight excluding hydrogens is 404 g/mol. The number of carbonyl (C=O) groups excluding carboxylic acids is 1. The Hall–Kier alpha value is -4.22. The van der Waals surface area contributed by atoms with Crippen LogP contribution in [-0.4, -0.2) is 43.7 Å². The van der Waals surface area contributed by atoms with Crippen LogP contribution in [0.15, 0.2) is 36.4 Å². The Morgan fingerprint density at radius 1 is 0.900 bits per heavy atom. The lowest BCUT2D eigenvalue weighted by atomic mass is 10.1. The van der Waals surface area contributed by atoms with Crippen LogP contribution in [-0.2, 0) is 27.2 Å². The summed E-state index contributed by atoms with van der Waals surface area (Å²) in [6.07, 6.45) is -0.287. The Bertz CT molecular complexity index is 958. The molecule has 0 spiro atoms. The van der Waals surface area contributed by atoms with E-state index in [4.69, 9.17) is 14.9 Å². The van der Waals surface area contributed by atoms with E-state index in [0.717, 1.165) is 18.2 Å². The van der Waals surface area contributed by atoms with Crippen LogP contribution >= 0.6 is 0 Å². The zero-order valence-corrected chi connectivity index (χ0v) is 15.7. The van der Waals surface area contributed by atoms with E-state index < -0.39 is 39.0 Å². The van der Waals surface area contributed by atoms with Crippen molar-refractivity contribution in [3.05, 3.63) is 67.8 Å². The molecular formula is C18H18N2O10. The zero-order valence-electron chi connectivity index (χ0n) is 15.7. The lowest BCUT2D eigenvalue weighted by Crippen LogP contribution is -2.07. The topological polar surface area (TPSA) is 190 Å². The van der Waals surface area contributed by atoms with E-state index in [9.17, 15) is 34.9 Å². The second kappa shape index (κ2) is 10.9. The van der Waals surface area contributed by atoms with E-state index in [-0.39, 0.29) is 25.1 Å². The van der Waals surface area contributed by atoms with Gasteiger partial charge in [0.05, 0.1) is 29.3 Å². The van der Waals surface area contributed by atoms with Crippen LogP contribution in [0, 0.1) is 20.2 Å². The van der Waals surface area contributed by atoms with Crippen molar-refractivity contribution in [2.75, 3.05) is 6.61 Å². The predicted molar refractivity (Wildman–Crippen MR) is 101 cm³/mol. The molecule has 0 unspecified atom stereocenters. The van der Waals surface area contributed by atoms with Gasteiger partial charge in [-0.15, -0.1) is 0 Å². The van der Waals surface area contributed by atoms with Gasteiger partial charge >= 0.3 is 23.3 Å². The van der Waals surface area contributed by atoms with Crippen molar-refractivity contribution in [1.29, 1.82) is 0 Å². The van der Waals surface area contributed by atoms with E-state index in [1.165, 1.54) is 18.2 Å². The third-order valence-electron chi connectivity index (χ3n) is 3.48. The number of phenols is 2. The lowest BCUT2D eigenvalue weighted by molar-refractivity contribution is -0.386. The SMILES string of the molecule is CCOC(=O)Cc1ccc([N+](=O)[O-])c(O)c1.O=C(O)Cc1ccc([N+](=O)[O-])c(O)c1. The average molecular weight is 422 g/mol. The number of carboxylic acids is 1. The standard InChI is InChI=1S/C10H11NO5.C8H7NO5/c1-2-16-10(13)6-7-3-4-8(11(14)15)9(12)5-7;10-7-3-5(4-8(11)12)1-2-6(7)9(13)14/h3-5,12H,2,6H2,1H3;1-3,10H,4H2,(H,11,12). The van der Waals surface area contributed by atoms with E-state index in [2.05, 4.69) is 0 Å². The molecule has 0 heterocycles. The van der Waals surface area contributed by atoms with Gasteiger partial charge in [0.15, 0.2) is 11.5 Å². The minimum absolute atomic E-state index is 0.0145. The fourth-order valence-electron chi connectivity index (χ4n) is 2.22. The molecule has 2 rings (SSSR count). The minimum Gasteiger partial charge on any atom is -0.502 e. The quantitative estimate of drug-likeness (QED) is 0.339. The highest BCUT2D eigenvalue weighted by Crippen LogP contribution is 2.27. The van der Waals surface area contributed by atoms with Crippen LogP contribution in [0.25, 0.3) is 0 Å². The highest BCUT2D eigenvalue weighted by molar-refractivity contribution is 5.73. The average Bonchev–Trinajstić information content (AvgIpc) is 2.61. The number of hydrogen-bond donors (Lipinski definition) is 3. The third kappa shape index (κ3) is 7.42. The number of rotatable bonds is 7. The molecule has 2 aromatic carbocycles. The number of aromatic hydroxyl groups is 2. The number of nitro benzene ring substituents is 2. The molecule has 0 amide bonds. The lowest BCUT2D eigenvalue weighted by Gasteiger charge is -2.02. The molecule has 30 heavy (non-hydrogen) atoms. The number of aliphatic carboxylic acids is 1. The zero-order chi connectivity index (χ0) is 22.8. The molecule has 3 N–H and O–H groups in total. The summed E-state index contributed by atoms with van der Waals surface area (Å²) in [5.41, 5.74) is -0.0195. The number of hydrogen-bond acceptors (Lipinski definition) is 9. The summed E-state index contributed by atoms with van der Waals surface area (Å²) in [6, 6.07) is 7.21. The van der Waals surface area contributed by atoms with Crippen molar-refractivity contribution < 1.29 is 39.5 Å². The largest absolute Gasteiger partial charge is 0.502 e. The summed E-state index contributed by atoms with van der Waals surface area (Å²) < 4.78 is 4.71. The second-order valence-electron chi connectivity index (χ2n) is 5.71. The monoisotopic (exact) mass is 422 g/mol. The van der Waals surface area contributed by atoms with Gasteiger partial charge in [0.1, 0.15) is 0 Å². The van der Waals surface area contributed by atoms with Crippen molar-refractivity contribution >= 4 is 23.3 Å². The maximum absolute atomic E-state index is 11.1. The van der Waals surface area contributed by atoms with Crippen LogP contribution in [0.4, 0.5) is 11.4 Å². The number of carbonyl (C=O) groups is 2. The first-order chi connectivity index (χ1) is 14.0. The fourth-order valence-corrected chi connectivity index (χ4v) is 2.22. The van der Waals surface area contributed by atoms with E-state index >= 15 is 0 Å². The minimum atomic E-state index is -1.06. The van der Waals surface area contributed by atoms with Crippen molar-refractivity contribution in [2.24, 2.45) is 0 Å². The van der Waals surface area contributed by atoms with Gasteiger partial charge in [-0.3, -0.25) is 29.8 Å². The summed E-state index contributed by atoms with van der Waals surface area (Å²) in [6.45, 7) is 1.96. The molecule has 2 aromatic rings.